The molecule has 8 aromatic carbocycles. The van der Waals surface area contributed by atoms with E-state index in [1.165, 1.54) is 121 Å². The van der Waals surface area contributed by atoms with Crippen molar-refractivity contribution in [3.8, 4) is 0 Å². The Balaban J connectivity index is 0.000000211. The summed E-state index contributed by atoms with van der Waals surface area (Å²) in [6, 6.07) is 39.6. The number of azo groups is 4. The number of rotatable bonds is 12. The van der Waals surface area contributed by atoms with Gasteiger partial charge in [-0.1, -0.05) is 86.6 Å². The third-order valence-electron chi connectivity index (χ3n) is 9.25. The molecule has 12 nitrogen and oxygen atoms in total. The predicted molar refractivity (Wildman–Crippen MR) is 263 cm³/mol. The molecular formula is C54H46F8N8O4. The van der Waals surface area contributed by atoms with Crippen molar-refractivity contribution in [3.63, 3.8) is 0 Å². The van der Waals surface area contributed by atoms with Crippen molar-refractivity contribution in [1.29, 1.82) is 0 Å². The Morgan fingerprint density at radius 2 is 0.405 bits per heavy atom. The fraction of sp³-hybridized carbons (Fsp3) is 0.111. The van der Waals surface area contributed by atoms with Crippen molar-refractivity contribution < 1.29 is 55.5 Å². The molecule has 8 rings (SSSR count). The van der Waals surface area contributed by atoms with Gasteiger partial charge < -0.3 is 20.4 Å². The summed E-state index contributed by atoms with van der Waals surface area (Å²) in [5.74, 6) is -4.52. The van der Waals surface area contributed by atoms with Gasteiger partial charge in [-0.05, 0) is 119 Å². The summed E-state index contributed by atoms with van der Waals surface area (Å²) >= 11 is 0. The Morgan fingerprint density at radius 1 is 0.243 bits per heavy atom. The van der Waals surface area contributed by atoms with Gasteiger partial charge >= 0.3 is 0 Å². The maximum absolute atomic E-state index is 13.5. The minimum absolute atomic E-state index is 0.00421. The number of halogens is 8. The number of hydrogen-bond donors (Lipinski definition) is 4. The molecule has 74 heavy (non-hydrogen) atoms. The van der Waals surface area contributed by atoms with Crippen LogP contribution in [0.15, 0.2) is 211 Å². The molecule has 8 aromatic rings. The van der Waals surface area contributed by atoms with Crippen molar-refractivity contribution in [3.05, 3.63) is 239 Å². The van der Waals surface area contributed by atoms with Gasteiger partial charge in [0.2, 0.25) is 0 Å². The van der Waals surface area contributed by atoms with Crippen LogP contribution in [0.25, 0.3) is 0 Å². The van der Waals surface area contributed by atoms with Crippen LogP contribution >= 0.6 is 0 Å². The highest BCUT2D eigenvalue weighted by molar-refractivity contribution is 5.46. The highest BCUT2D eigenvalue weighted by Gasteiger charge is 2.08. The third-order valence-corrected chi connectivity index (χ3v) is 9.25. The largest absolute Gasteiger partial charge is 0.392 e. The molecule has 0 radical (unpaired) electrons. The van der Waals surface area contributed by atoms with E-state index in [4.69, 9.17) is 20.4 Å². The molecule has 0 saturated carbocycles. The normalized spacial score (nSPS) is 10.8. The molecule has 0 heterocycles. The first-order valence-corrected chi connectivity index (χ1v) is 22.0. The Hall–Kier alpha value is -8.56. The van der Waals surface area contributed by atoms with Crippen LogP contribution in [-0.4, -0.2) is 20.4 Å². The van der Waals surface area contributed by atoms with Crippen molar-refractivity contribution in [1.82, 2.24) is 0 Å². The number of aliphatic hydroxyl groups is 4. The van der Waals surface area contributed by atoms with Gasteiger partial charge in [-0.3, -0.25) is 0 Å². The van der Waals surface area contributed by atoms with Gasteiger partial charge in [0.05, 0.1) is 26.4 Å². The molecule has 0 aliphatic heterocycles. The Morgan fingerprint density at radius 3 is 0.554 bits per heavy atom. The van der Waals surface area contributed by atoms with Crippen molar-refractivity contribution in [2.75, 3.05) is 0 Å². The summed E-state index contributed by atoms with van der Waals surface area (Å²) in [7, 11) is 0. The maximum Gasteiger partial charge on any atom is 0.151 e. The van der Waals surface area contributed by atoms with E-state index in [9.17, 15) is 35.1 Å². The molecule has 0 aliphatic carbocycles. The summed E-state index contributed by atoms with van der Waals surface area (Å²) in [6.45, 7) is 3.01. The van der Waals surface area contributed by atoms with Crippen LogP contribution in [0.5, 0.6) is 0 Å². The van der Waals surface area contributed by atoms with Crippen LogP contribution in [-0.2, 0) is 26.4 Å². The summed E-state index contributed by atoms with van der Waals surface area (Å²) < 4.78 is 107. The first-order chi connectivity index (χ1) is 35.8. The van der Waals surface area contributed by atoms with E-state index in [1.807, 2.05) is 13.8 Å². The van der Waals surface area contributed by atoms with Crippen molar-refractivity contribution in [2.45, 2.75) is 40.3 Å². The van der Waals surface area contributed by atoms with E-state index >= 15 is 0 Å². The minimum atomic E-state index is -0.610. The zero-order chi connectivity index (χ0) is 53.8. The second-order valence-electron chi connectivity index (χ2n) is 14.4. The second-order valence-corrected chi connectivity index (χ2v) is 14.4. The SMILES string of the molecule is CC.OCc1ccc(N=Nc2ccccc2F)c(F)c1.OCc1ccc(N=Nc2ccccc2F)c(F)c1.OCc1ccc(N=Nc2ccccc2F)c(F)c1.OCc1ccc(N=Nc2ccccc2F)c(F)c1. The average molecular weight is 1020 g/mol. The molecule has 4 N–H and O–H groups in total. The van der Waals surface area contributed by atoms with Gasteiger partial charge in [0.25, 0.3) is 0 Å². The lowest BCUT2D eigenvalue weighted by Crippen LogP contribution is -1.84. The molecule has 0 bridgehead atoms. The standard InChI is InChI=1S/4C13H10F2N2O.C2H6/c4*14-10-3-1-2-4-12(10)16-17-13-6-5-9(8-18)7-11(13)15;1-2/h4*1-7,18H,8H2;1-2H3. The van der Waals surface area contributed by atoms with Gasteiger partial charge in [-0.25, -0.2) is 35.1 Å². The van der Waals surface area contributed by atoms with E-state index in [1.54, 1.807) is 24.3 Å². The maximum atomic E-state index is 13.5. The number of benzene rings is 8. The topological polar surface area (TPSA) is 180 Å². The summed E-state index contributed by atoms with van der Waals surface area (Å²) in [5, 5.41) is 64.4. The van der Waals surface area contributed by atoms with Crippen molar-refractivity contribution >= 4 is 45.5 Å². The monoisotopic (exact) mass is 1020 g/mol. The highest BCUT2D eigenvalue weighted by Crippen LogP contribution is 2.28. The summed E-state index contributed by atoms with van der Waals surface area (Å²) in [5.41, 5.74) is 1.93. The highest BCUT2D eigenvalue weighted by atomic mass is 19.2. The van der Waals surface area contributed by atoms with Crippen LogP contribution < -0.4 is 0 Å². The predicted octanol–water partition coefficient (Wildman–Crippen LogP) is 16.5. The molecule has 20 heteroatoms. The Bertz CT molecular complexity index is 2760. The van der Waals surface area contributed by atoms with Gasteiger partial charge in [0.15, 0.2) is 46.5 Å². The van der Waals surface area contributed by atoms with Crippen LogP contribution in [0.3, 0.4) is 0 Å². The average Bonchev–Trinajstić information content (AvgIpc) is 3.42. The molecule has 0 unspecified atom stereocenters. The molecule has 0 aliphatic rings. The summed E-state index contributed by atoms with van der Waals surface area (Å²) in [6.07, 6.45) is 0. The van der Waals surface area contributed by atoms with E-state index in [2.05, 4.69) is 40.9 Å². The third kappa shape index (κ3) is 18.6. The minimum Gasteiger partial charge on any atom is -0.392 e. The van der Waals surface area contributed by atoms with E-state index < -0.39 is 46.5 Å². The van der Waals surface area contributed by atoms with Gasteiger partial charge in [0.1, 0.15) is 45.5 Å². The zero-order valence-electron chi connectivity index (χ0n) is 39.4. The number of hydrogen-bond acceptors (Lipinski definition) is 12. The van der Waals surface area contributed by atoms with Crippen LogP contribution in [0.2, 0.25) is 0 Å². The van der Waals surface area contributed by atoms with Gasteiger partial charge in [0, 0.05) is 0 Å². The molecule has 0 fully saturated rings. The molecule has 0 atom stereocenters. The fourth-order valence-electron chi connectivity index (χ4n) is 5.48. The molecule has 382 valence electrons. The Kier molecular flexibility index (Phi) is 24.3. The number of aliphatic hydroxyl groups excluding tert-OH is 4. The van der Waals surface area contributed by atoms with E-state index in [-0.39, 0.29) is 71.9 Å². The number of nitrogens with zero attached hydrogens (tertiary/aromatic N) is 8. The summed E-state index contributed by atoms with van der Waals surface area (Å²) in [4.78, 5) is 0. The van der Waals surface area contributed by atoms with Crippen LogP contribution in [0.4, 0.5) is 80.6 Å². The molecule has 0 aromatic heterocycles. The molecule has 0 saturated heterocycles. The fourth-order valence-corrected chi connectivity index (χ4v) is 5.48. The molecular weight excluding hydrogens is 977 g/mol. The second kappa shape index (κ2) is 31.0. The molecule has 0 spiro atoms. The quantitative estimate of drug-likeness (QED) is 0.0703. The smallest absolute Gasteiger partial charge is 0.151 e. The van der Waals surface area contributed by atoms with E-state index in [0.29, 0.717) is 22.3 Å². The lowest BCUT2D eigenvalue weighted by Gasteiger charge is -1.99. The van der Waals surface area contributed by atoms with E-state index in [0.717, 1.165) is 24.3 Å². The van der Waals surface area contributed by atoms with Crippen LogP contribution in [0, 0.1) is 46.5 Å². The first kappa shape index (κ1) is 58.0. The zero-order valence-corrected chi connectivity index (χ0v) is 39.4. The Labute approximate surface area is 419 Å². The lowest BCUT2D eigenvalue weighted by molar-refractivity contribution is 0.281. The molecule has 0 amide bonds. The van der Waals surface area contributed by atoms with Crippen LogP contribution in [0.1, 0.15) is 36.1 Å². The lowest BCUT2D eigenvalue weighted by atomic mass is 10.2. The first-order valence-electron chi connectivity index (χ1n) is 22.0. The van der Waals surface area contributed by atoms with Gasteiger partial charge in [-0.2, -0.15) is 0 Å². The van der Waals surface area contributed by atoms with Crippen molar-refractivity contribution in [2.24, 2.45) is 40.9 Å². The van der Waals surface area contributed by atoms with Gasteiger partial charge in [-0.15, -0.1) is 40.9 Å².